The Morgan fingerprint density at radius 3 is 2.41 bits per heavy atom. The van der Waals surface area contributed by atoms with Crippen LogP contribution in [0.15, 0.2) is 60.8 Å². The van der Waals surface area contributed by atoms with Crippen molar-refractivity contribution in [3.63, 3.8) is 0 Å². The number of nitrogens with zero attached hydrogens (tertiary/aromatic N) is 2. The average Bonchev–Trinajstić information content (AvgIpc) is 3.40. The average molecular weight is 560 g/mol. The Bertz CT molecular complexity index is 1390. The first kappa shape index (κ1) is 28.0. The molecule has 2 atom stereocenters. The van der Waals surface area contributed by atoms with Gasteiger partial charge in [-0.25, -0.2) is 9.59 Å². The van der Waals surface area contributed by atoms with Gasteiger partial charge in [-0.2, -0.15) is 0 Å². The number of fused-ring (bicyclic) bond motifs is 1. The molecule has 6 N–H and O–H groups in total. The van der Waals surface area contributed by atoms with Crippen LogP contribution in [0.25, 0.3) is 10.9 Å². The van der Waals surface area contributed by atoms with Crippen molar-refractivity contribution in [3.8, 4) is 0 Å². The summed E-state index contributed by atoms with van der Waals surface area (Å²) in [6.07, 6.45) is 7.04. The number of carbonyl (C=O) groups is 4. The monoisotopic (exact) mass is 559 g/mol. The van der Waals surface area contributed by atoms with Crippen LogP contribution in [0.2, 0.25) is 0 Å². The number of aromatic amines is 1. The second-order valence-electron chi connectivity index (χ2n) is 10.8. The van der Waals surface area contributed by atoms with Crippen LogP contribution >= 0.6 is 0 Å². The lowest BCUT2D eigenvalue weighted by molar-refractivity contribution is -0.131. The van der Waals surface area contributed by atoms with Crippen LogP contribution in [0.3, 0.4) is 0 Å². The number of hydrogen-bond acceptors (Lipinski definition) is 4. The van der Waals surface area contributed by atoms with E-state index in [1.165, 1.54) is 9.80 Å². The predicted molar refractivity (Wildman–Crippen MR) is 156 cm³/mol. The minimum atomic E-state index is -1.00. The van der Waals surface area contributed by atoms with E-state index in [0.29, 0.717) is 5.69 Å². The molecule has 1 saturated heterocycles. The third-order valence-corrected chi connectivity index (χ3v) is 7.95. The lowest BCUT2D eigenvalue weighted by Crippen LogP contribution is -2.65. The number of H-pyrrole nitrogens is 1. The SMILES string of the molecule is NC(=O)[C@@H](Cc1c[nH]c2ccccc12)NC(=O)[C@@H]1CN(C(=O)Nc2ccccc2)CCN1C(=O)NC1CCCCC1. The molecule has 2 fully saturated rings. The van der Waals surface area contributed by atoms with Crippen molar-refractivity contribution in [1.82, 2.24) is 25.4 Å². The normalized spacial score (nSPS) is 18.5. The van der Waals surface area contributed by atoms with Crippen LogP contribution in [0.5, 0.6) is 0 Å². The lowest BCUT2D eigenvalue weighted by atomic mass is 9.95. The number of rotatable bonds is 7. The molecule has 5 rings (SSSR count). The first-order valence-electron chi connectivity index (χ1n) is 14.2. The molecule has 2 aromatic carbocycles. The highest BCUT2D eigenvalue weighted by Gasteiger charge is 2.39. The van der Waals surface area contributed by atoms with Gasteiger partial charge in [-0.1, -0.05) is 55.7 Å². The van der Waals surface area contributed by atoms with Gasteiger partial charge in [0.05, 0.1) is 6.54 Å². The van der Waals surface area contributed by atoms with Crippen LogP contribution in [-0.4, -0.2) is 76.4 Å². The van der Waals surface area contributed by atoms with E-state index in [-0.39, 0.29) is 44.2 Å². The Kier molecular flexibility index (Phi) is 8.71. The number of carbonyl (C=O) groups excluding carboxylic acids is 4. The number of para-hydroxylation sites is 2. The van der Waals surface area contributed by atoms with Gasteiger partial charge in [-0.3, -0.25) is 9.59 Å². The number of aromatic nitrogens is 1. The highest BCUT2D eigenvalue weighted by molar-refractivity contribution is 5.94. The van der Waals surface area contributed by atoms with E-state index in [1.54, 1.807) is 18.3 Å². The predicted octanol–water partition coefficient (Wildman–Crippen LogP) is 2.94. The van der Waals surface area contributed by atoms with Gasteiger partial charge >= 0.3 is 12.1 Å². The van der Waals surface area contributed by atoms with Gasteiger partial charge in [0.1, 0.15) is 12.1 Å². The summed E-state index contributed by atoms with van der Waals surface area (Å²) in [5, 5.41) is 9.64. The van der Waals surface area contributed by atoms with Crippen molar-refractivity contribution in [3.05, 3.63) is 66.4 Å². The van der Waals surface area contributed by atoms with Crippen LogP contribution in [0, 0.1) is 0 Å². The summed E-state index contributed by atoms with van der Waals surface area (Å²) >= 11 is 0. The Labute approximate surface area is 238 Å². The summed E-state index contributed by atoms with van der Waals surface area (Å²) in [5.74, 6) is -1.22. The van der Waals surface area contributed by atoms with Gasteiger partial charge in [-0.05, 0) is 36.6 Å². The van der Waals surface area contributed by atoms with E-state index in [4.69, 9.17) is 5.73 Å². The highest BCUT2D eigenvalue weighted by Crippen LogP contribution is 2.21. The standard InChI is InChI=1S/C30H37N7O4/c31-27(38)25(17-20-18-32-24-14-8-7-13-23(20)24)35-28(39)26-19-36(29(40)33-21-9-3-1-4-10-21)15-16-37(26)30(41)34-22-11-5-2-6-12-22/h1,3-4,7-10,13-14,18,22,25-26,32H,2,5-6,11-12,15-17,19H2,(H2,31,38)(H,33,40)(H,34,41)(H,35,39)/t25-,26+/m1/s1. The molecule has 0 radical (unpaired) electrons. The van der Waals surface area contributed by atoms with Crippen molar-refractivity contribution in [1.29, 1.82) is 0 Å². The molecular weight excluding hydrogens is 522 g/mol. The first-order valence-corrected chi connectivity index (χ1v) is 14.2. The first-order chi connectivity index (χ1) is 19.9. The Morgan fingerprint density at radius 1 is 0.927 bits per heavy atom. The molecule has 1 aromatic heterocycles. The third kappa shape index (κ3) is 6.79. The molecule has 0 unspecified atom stereocenters. The van der Waals surface area contributed by atoms with E-state index >= 15 is 0 Å². The van der Waals surface area contributed by atoms with E-state index in [9.17, 15) is 19.2 Å². The smallest absolute Gasteiger partial charge is 0.321 e. The van der Waals surface area contributed by atoms with Gasteiger partial charge in [0, 0.05) is 48.3 Å². The van der Waals surface area contributed by atoms with Gasteiger partial charge in [0.15, 0.2) is 0 Å². The molecule has 1 aliphatic heterocycles. The molecule has 1 aliphatic carbocycles. The zero-order valence-electron chi connectivity index (χ0n) is 23.0. The molecule has 0 spiro atoms. The largest absolute Gasteiger partial charge is 0.368 e. The summed E-state index contributed by atoms with van der Waals surface area (Å²) in [7, 11) is 0. The molecule has 3 aromatic rings. The second kappa shape index (κ2) is 12.8. The Hall–Kier alpha value is -4.54. The number of piperazine rings is 1. The molecule has 2 heterocycles. The maximum absolute atomic E-state index is 13.7. The third-order valence-electron chi connectivity index (χ3n) is 7.95. The van der Waals surface area contributed by atoms with E-state index in [2.05, 4.69) is 20.9 Å². The summed E-state index contributed by atoms with van der Waals surface area (Å²) in [6.45, 7) is 0.402. The topological polar surface area (TPSA) is 153 Å². The van der Waals surface area contributed by atoms with Crippen molar-refractivity contribution < 1.29 is 19.2 Å². The van der Waals surface area contributed by atoms with Gasteiger partial charge in [0.25, 0.3) is 0 Å². The van der Waals surface area contributed by atoms with Crippen LogP contribution in [0.1, 0.15) is 37.7 Å². The molecular formula is C30H37N7O4. The fourth-order valence-electron chi connectivity index (χ4n) is 5.67. The fraction of sp³-hybridized carbons (Fsp3) is 0.400. The molecule has 216 valence electrons. The number of benzene rings is 2. The maximum atomic E-state index is 13.7. The molecule has 11 heteroatoms. The Morgan fingerprint density at radius 2 is 1.66 bits per heavy atom. The summed E-state index contributed by atoms with van der Waals surface area (Å²) in [6, 6.07) is 14.0. The number of amides is 6. The number of primary amides is 1. The van der Waals surface area contributed by atoms with Crippen molar-refractivity contribution in [2.75, 3.05) is 25.0 Å². The number of urea groups is 2. The Balaban J connectivity index is 1.32. The number of nitrogens with two attached hydrogens (primary N) is 1. The highest BCUT2D eigenvalue weighted by atomic mass is 16.2. The minimum absolute atomic E-state index is 0.0266. The summed E-state index contributed by atoms with van der Waals surface area (Å²) in [4.78, 5) is 58.8. The van der Waals surface area contributed by atoms with Crippen LogP contribution < -0.4 is 21.7 Å². The maximum Gasteiger partial charge on any atom is 0.321 e. The number of nitrogens with one attached hydrogen (secondary N) is 4. The van der Waals surface area contributed by atoms with Gasteiger partial charge in [0.2, 0.25) is 11.8 Å². The number of hydrogen-bond donors (Lipinski definition) is 5. The quantitative estimate of drug-likeness (QED) is 0.302. The molecule has 2 aliphatic rings. The zero-order chi connectivity index (χ0) is 28.8. The van der Waals surface area contributed by atoms with Gasteiger partial charge in [-0.15, -0.1) is 0 Å². The summed E-state index contributed by atoms with van der Waals surface area (Å²) in [5.41, 5.74) is 8.10. The minimum Gasteiger partial charge on any atom is -0.368 e. The molecule has 1 saturated carbocycles. The fourth-order valence-corrected chi connectivity index (χ4v) is 5.67. The van der Waals surface area contributed by atoms with Crippen LogP contribution in [-0.2, 0) is 16.0 Å². The van der Waals surface area contributed by atoms with Crippen molar-refractivity contribution in [2.24, 2.45) is 5.73 Å². The zero-order valence-corrected chi connectivity index (χ0v) is 23.0. The molecule has 41 heavy (non-hydrogen) atoms. The van der Waals surface area contributed by atoms with E-state index in [1.807, 2.05) is 42.5 Å². The molecule has 6 amide bonds. The van der Waals surface area contributed by atoms with Crippen molar-refractivity contribution in [2.45, 2.75) is 56.7 Å². The van der Waals surface area contributed by atoms with E-state index < -0.39 is 23.9 Å². The lowest BCUT2D eigenvalue weighted by Gasteiger charge is -2.41. The van der Waals surface area contributed by atoms with E-state index in [0.717, 1.165) is 48.6 Å². The van der Waals surface area contributed by atoms with Crippen molar-refractivity contribution >= 4 is 40.5 Å². The molecule has 0 bridgehead atoms. The molecule has 11 nitrogen and oxygen atoms in total. The summed E-state index contributed by atoms with van der Waals surface area (Å²) < 4.78 is 0. The van der Waals surface area contributed by atoms with Gasteiger partial charge < -0.3 is 36.5 Å². The number of anilines is 1. The second-order valence-corrected chi connectivity index (χ2v) is 10.8. The van der Waals surface area contributed by atoms with Crippen LogP contribution in [0.4, 0.5) is 15.3 Å².